The van der Waals surface area contributed by atoms with Crippen LogP contribution in [0.5, 0.6) is 11.5 Å². The van der Waals surface area contributed by atoms with Crippen molar-refractivity contribution in [2.75, 3.05) is 0 Å². The molecule has 0 saturated carbocycles. The van der Waals surface area contributed by atoms with E-state index in [1.54, 1.807) is 24.3 Å². The number of phenolic OH excluding ortho intramolecular Hbond substituents is 1. The van der Waals surface area contributed by atoms with Gasteiger partial charge in [0.15, 0.2) is 5.75 Å². The molecular weight excluding hydrogens is 617 g/mol. The Labute approximate surface area is 276 Å². The molecule has 5 rings (SSSR count). The maximum Gasteiger partial charge on any atom is 1.00 e. The summed E-state index contributed by atoms with van der Waals surface area (Å²) in [5, 5.41) is 57.3. The van der Waals surface area contributed by atoms with E-state index in [-0.39, 0.29) is 85.6 Å². The summed E-state index contributed by atoms with van der Waals surface area (Å²) in [4.78, 5) is 22.0. The van der Waals surface area contributed by atoms with Crippen molar-refractivity contribution in [2.24, 2.45) is 20.5 Å². The zero-order valence-electron chi connectivity index (χ0n) is 23.1. The molecule has 0 spiro atoms. The number of aromatic carboxylic acids is 1. The third-order valence-corrected chi connectivity index (χ3v) is 7.25. The summed E-state index contributed by atoms with van der Waals surface area (Å²) in [6.45, 7) is 0. The number of carbonyl (C=O) groups is 1. The second-order valence-corrected chi connectivity index (χ2v) is 10.6. The fraction of sp³-hybridized carbons (Fsp3) is 0. The molecule has 0 aromatic heterocycles. The van der Waals surface area contributed by atoms with Gasteiger partial charge in [-0.15, -0.1) is 5.11 Å². The average molecular weight is 637 g/mol. The van der Waals surface area contributed by atoms with Gasteiger partial charge in [0.2, 0.25) is 0 Å². The molecule has 5 aromatic carbocycles. The Bertz CT molecular complexity index is 2140. The third kappa shape index (κ3) is 7.19. The van der Waals surface area contributed by atoms with E-state index in [4.69, 9.17) is 5.11 Å². The van der Waals surface area contributed by atoms with E-state index in [1.165, 1.54) is 48.5 Å². The number of carboxylic acid groups (broad SMARTS) is 1. The van der Waals surface area contributed by atoms with E-state index in [0.717, 1.165) is 18.2 Å². The van der Waals surface area contributed by atoms with Crippen LogP contribution in [0.2, 0.25) is 0 Å². The number of aromatic hydroxyl groups is 2. The Morgan fingerprint density at radius 2 is 1.33 bits per heavy atom. The molecule has 0 radical (unpaired) electrons. The van der Waals surface area contributed by atoms with Crippen molar-refractivity contribution in [3.63, 3.8) is 0 Å². The minimum absolute atomic E-state index is 0. The molecule has 0 bridgehead atoms. The van der Waals surface area contributed by atoms with Crippen LogP contribution in [-0.2, 0) is 10.1 Å². The molecule has 0 amide bonds. The summed E-state index contributed by atoms with van der Waals surface area (Å²) in [5.74, 6) is -2.14. The maximum absolute atomic E-state index is 11.9. The first-order valence-electron chi connectivity index (χ1n) is 12.4. The van der Waals surface area contributed by atoms with Crippen molar-refractivity contribution in [1.82, 2.24) is 0 Å². The molecule has 14 nitrogen and oxygen atoms in total. The average Bonchev–Trinajstić information content (AvgIpc) is 3.00. The van der Waals surface area contributed by atoms with Crippen molar-refractivity contribution in [3.8, 4) is 22.6 Å². The molecule has 16 heteroatoms. The van der Waals surface area contributed by atoms with Gasteiger partial charge >= 0.3 is 35.5 Å². The molecular formula is C29H19N5NaO9S+. The van der Waals surface area contributed by atoms with Crippen molar-refractivity contribution in [1.29, 1.82) is 0 Å². The van der Waals surface area contributed by atoms with Crippen LogP contribution in [0.15, 0.2) is 116 Å². The molecule has 220 valence electrons. The van der Waals surface area contributed by atoms with Crippen molar-refractivity contribution < 1.29 is 67.6 Å². The van der Waals surface area contributed by atoms with Gasteiger partial charge in [-0.1, -0.05) is 36.4 Å². The molecule has 45 heavy (non-hydrogen) atoms. The molecule has 0 heterocycles. The van der Waals surface area contributed by atoms with Gasteiger partial charge in [0, 0.05) is 16.8 Å². The van der Waals surface area contributed by atoms with Gasteiger partial charge in [0.1, 0.15) is 21.9 Å². The number of carboxylic acids is 1. The fourth-order valence-electron chi connectivity index (χ4n) is 4.27. The number of hydrogen-bond donors (Lipinski definition) is 4. The van der Waals surface area contributed by atoms with Crippen LogP contribution in [0.1, 0.15) is 10.4 Å². The Balaban J connectivity index is 0.00000461. The van der Waals surface area contributed by atoms with Crippen molar-refractivity contribution >= 4 is 55.3 Å². The Hall–Kier alpha value is -5.06. The molecule has 0 aliphatic heterocycles. The van der Waals surface area contributed by atoms with Crippen LogP contribution in [-0.4, -0.2) is 39.2 Å². The Kier molecular flexibility index (Phi) is 9.70. The summed E-state index contributed by atoms with van der Waals surface area (Å²) in [6, 6.07) is 20.9. The van der Waals surface area contributed by atoms with E-state index < -0.39 is 31.7 Å². The van der Waals surface area contributed by atoms with Crippen LogP contribution in [0.3, 0.4) is 0 Å². The maximum atomic E-state index is 11.9. The Morgan fingerprint density at radius 1 is 0.756 bits per heavy atom. The summed E-state index contributed by atoms with van der Waals surface area (Å²) in [5.41, 5.74) is 0.350. The van der Waals surface area contributed by atoms with Gasteiger partial charge < -0.3 is 15.3 Å². The van der Waals surface area contributed by atoms with Crippen molar-refractivity contribution in [3.05, 3.63) is 107 Å². The first-order valence-corrected chi connectivity index (χ1v) is 13.9. The van der Waals surface area contributed by atoms with E-state index in [1.807, 2.05) is 0 Å². The molecule has 0 saturated heterocycles. The molecule has 4 N–H and O–H groups in total. The third-order valence-electron chi connectivity index (χ3n) is 6.36. The number of hydrogen-bond acceptors (Lipinski definition) is 11. The molecule has 0 fully saturated rings. The second-order valence-electron chi connectivity index (χ2n) is 9.18. The van der Waals surface area contributed by atoms with Gasteiger partial charge in [0.25, 0.3) is 15.8 Å². The zero-order valence-corrected chi connectivity index (χ0v) is 26.0. The van der Waals surface area contributed by atoms with Crippen LogP contribution < -0.4 is 29.6 Å². The van der Waals surface area contributed by atoms with E-state index in [0.29, 0.717) is 5.56 Å². The summed E-state index contributed by atoms with van der Waals surface area (Å²) < 4.78 is 33.5. The Morgan fingerprint density at radius 3 is 1.96 bits per heavy atom. The summed E-state index contributed by atoms with van der Waals surface area (Å²) in [6.07, 6.45) is 0. The first kappa shape index (κ1) is 32.8. The molecule has 0 aliphatic rings. The number of nitro groups is 1. The van der Waals surface area contributed by atoms with Gasteiger partial charge in [-0.25, -0.2) is 4.79 Å². The normalized spacial score (nSPS) is 11.6. The van der Waals surface area contributed by atoms with Crippen molar-refractivity contribution in [2.45, 2.75) is 4.90 Å². The monoisotopic (exact) mass is 636 g/mol. The number of rotatable bonds is 8. The number of azo groups is 2. The zero-order chi connectivity index (χ0) is 31.6. The van der Waals surface area contributed by atoms with Crippen LogP contribution >= 0.6 is 0 Å². The molecule has 5 aromatic rings. The molecule has 0 unspecified atom stereocenters. The number of nitrogens with zero attached hydrogens (tertiary/aromatic N) is 5. The quantitative estimate of drug-likeness (QED) is 0.0612. The van der Waals surface area contributed by atoms with Gasteiger partial charge in [-0.2, -0.15) is 23.8 Å². The number of nitro benzene ring substituents is 1. The number of phenols is 2. The van der Waals surface area contributed by atoms with Crippen LogP contribution in [0.4, 0.5) is 28.4 Å². The van der Waals surface area contributed by atoms with E-state index in [2.05, 4.69) is 20.5 Å². The standard InChI is InChI=1S/C29H19N5O9S.Na/c35-26-12-10-18(13-23(26)29(37)38)31-32-19-9-11-20(25(14-19)34(39)40)16-5-7-17(8-6-16)30-33-24-15-27(44(41,42)43)21-3-1-2-4-22(21)28(24)36;/h1-15,35-36H,(H,37,38)(H,41,42,43);/q;+1. The van der Waals surface area contributed by atoms with Gasteiger partial charge in [-0.05, 0) is 54.1 Å². The molecule has 0 aliphatic carbocycles. The largest absolute Gasteiger partial charge is 1.00 e. The SMILES string of the molecule is O=C(O)c1cc(N=Nc2ccc(-c3ccc(N=Nc4cc(S(=O)(=O)O)c5ccccc5c4O)cc3)c([N+](=O)[O-])c2)ccc1O.[Na+]. The van der Waals surface area contributed by atoms with Crippen LogP contribution in [0.25, 0.3) is 21.9 Å². The minimum atomic E-state index is -4.64. The van der Waals surface area contributed by atoms with Gasteiger partial charge in [-0.3, -0.25) is 14.7 Å². The summed E-state index contributed by atoms with van der Waals surface area (Å²) in [7, 11) is -4.64. The topological polar surface area (TPSA) is 225 Å². The predicted molar refractivity (Wildman–Crippen MR) is 157 cm³/mol. The number of benzene rings is 5. The van der Waals surface area contributed by atoms with Crippen LogP contribution in [0, 0.1) is 10.1 Å². The smallest absolute Gasteiger partial charge is 0.507 e. The number of fused-ring (bicyclic) bond motifs is 1. The fourth-order valence-corrected chi connectivity index (χ4v) is 4.99. The summed E-state index contributed by atoms with van der Waals surface area (Å²) >= 11 is 0. The molecule has 0 atom stereocenters. The predicted octanol–water partition coefficient (Wildman–Crippen LogP) is 4.61. The van der Waals surface area contributed by atoms with E-state index >= 15 is 0 Å². The van der Waals surface area contributed by atoms with Gasteiger partial charge in [0.05, 0.1) is 27.5 Å². The second kappa shape index (κ2) is 13.3. The minimum Gasteiger partial charge on any atom is -0.507 e. The first-order chi connectivity index (χ1) is 20.9. The van der Waals surface area contributed by atoms with E-state index in [9.17, 15) is 38.1 Å².